The van der Waals surface area contributed by atoms with Crippen LogP contribution in [0.4, 0.5) is 4.79 Å². The highest BCUT2D eigenvalue weighted by Gasteiger charge is 2.28. The Labute approximate surface area is 145 Å². The molecule has 0 bridgehead atoms. The number of thiazole rings is 1. The van der Waals surface area contributed by atoms with Crippen LogP contribution in [0.15, 0.2) is 0 Å². The van der Waals surface area contributed by atoms with E-state index >= 15 is 0 Å². The van der Waals surface area contributed by atoms with E-state index in [4.69, 9.17) is 12.2 Å². The van der Waals surface area contributed by atoms with Gasteiger partial charge in [0.15, 0.2) is 3.95 Å². The molecule has 6 nitrogen and oxygen atoms in total. The highest BCUT2D eigenvalue weighted by Crippen LogP contribution is 2.17. The summed E-state index contributed by atoms with van der Waals surface area (Å²) in [4.78, 5) is 34.5. The van der Waals surface area contributed by atoms with E-state index in [2.05, 4.69) is 4.98 Å². The van der Waals surface area contributed by atoms with Crippen molar-refractivity contribution in [1.29, 1.82) is 0 Å². The van der Waals surface area contributed by atoms with Crippen molar-refractivity contribution in [2.75, 3.05) is 39.3 Å². The summed E-state index contributed by atoms with van der Waals surface area (Å²) in [6.07, 6.45) is 2.60. The van der Waals surface area contributed by atoms with E-state index in [0.717, 1.165) is 36.5 Å². The molecule has 0 aromatic carbocycles. The van der Waals surface area contributed by atoms with E-state index in [1.54, 1.807) is 0 Å². The van der Waals surface area contributed by atoms with Crippen LogP contribution in [-0.2, 0) is 11.2 Å². The van der Waals surface area contributed by atoms with Gasteiger partial charge in [-0.3, -0.25) is 4.79 Å². The smallest absolute Gasteiger partial charge is 0.320 e. The van der Waals surface area contributed by atoms with E-state index in [-0.39, 0.29) is 11.9 Å². The SMILES string of the molecule is Cc1[nH]c(=S)sc1CC(=O)N1CCN(C(=O)N2CCCC2)CC1. The van der Waals surface area contributed by atoms with Crippen LogP contribution >= 0.6 is 23.6 Å². The second kappa shape index (κ2) is 7.00. The van der Waals surface area contributed by atoms with E-state index in [9.17, 15) is 9.59 Å². The van der Waals surface area contributed by atoms with Crippen molar-refractivity contribution in [3.63, 3.8) is 0 Å². The number of hydrogen-bond acceptors (Lipinski definition) is 4. The first-order valence-electron chi connectivity index (χ1n) is 8.05. The lowest BCUT2D eigenvalue weighted by molar-refractivity contribution is -0.131. The fraction of sp³-hybridized carbons (Fsp3) is 0.667. The third-order valence-electron chi connectivity index (χ3n) is 4.51. The molecule has 0 saturated carbocycles. The van der Waals surface area contributed by atoms with Gasteiger partial charge in [0.1, 0.15) is 0 Å². The van der Waals surface area contributed by atoms with Crippen molar-refractivity contribution in [1.82, 2.24) is 19.7 Å². The zero-order valence-corrected chi connectivity index (χ0v) is 15.0. The third-order valence-corrected chi connectivity index (χ3v) is 5.85. The van der Waals surface area contributed by atoms with Crippen molar-refractivity contribution in [2.45, 2.75) is 26.2 Å². The molecule has 0 spiro atoms. The summed E-state index contributed by atoms with van der Waals surface area (Å²) in [6, 6.07) is 0.133. The quantitative estimate of drug-likeness (QED) is 0.827. The highest BCUT2D eigenvalue weighted by atomic mass is 32.1. The van der Waals surface area contributed by atoms with Crippen molar-refractivity contribution < 1.29 is 9.59 Å². The normalized spacial score (nSPS) is 18.6. The molecule has 3 rings (SSSR count). The fourth-order valence-corrected chi connectivity index (χ4v) is 4.39. The number of hydrogen-bond donors (Lipinski definition) is 1. The Morgan fingerprint density at radius 2 is 1.61 bits per heavy atom. The first kappa shape index (κ1) is 16.4. The molecule has 1 aromatic rings. The van der Waals surface area contributed by atoms with Crippen LogP contribution in [-0.4, -0.2) is 70.9 Å². The van der Waals surface area contributed by atoms with E-state index < -0.39 is 0 Å². The standard InChI is InChI=1S/C15H22N4O2S2/c1-11-12(23-14(22)16-11)10-13(20)17-6-8-19(9-7-17)15(21)18-4-2-3-5-18/h2-10H2,1H3,(H,16,22). The molecule has 1 aromatic heterocycles. The number of aryl methyl sites for hydroxylation is 1. The van der Waals surface area contributed by atoms with Crippen molar-refractivity contribution in [3.8, 4) is 0 Å². The van der Waals surface area contributed by atoms with Crippen LogP contribution in [0.1, 0.15) is 23.4 Å². The molecule has 0 radical (unpaired) electrons. The zero-order valence-electron chi connectivity index (χ0n) is 13.3. The minimum Gasteiger partial charge on any atom is -0.341 e. The summed E-state index contributed by atoms with van der Waals surface area (Å²) in [5, 5.41) is 0. The van der Waals surface area contributed by atoms with Gasteiger partial charge in [0.2, 0.25) is 5.91 Å². The maximum atomic E-state index is 12.4. The number of urea groups is 1. The number of carbonyl (C=O) groups is 2. The van der Waals surface area contributed by atoms with Gasteiger partial charge in [0.25, 0.3) is 0 Å². The van der Waals surface area contributed by atoms with Gasteiger partial charge < -0.3 is 19.7 Å². The van der Waals surface area contributed by atoms with Crippen molar-refractivity contribution in [3.05, 3.63) is 14.5 Å². The topological polar surface area (TPSA) is 59.7 Å². The van der Waals surface area contributed by atoms with Crippen molar-refractivity contribution in [2.24, 2.45) is 0 Å². The van der Waals surface area contributed by atoms with Gasteiger partial charge in [-0.1, -0.05) is 0 Å². The summed E-state index contributed by atoms with van der Waals surface area (Å²) in [6.45, 7) is 6.18. The summed E-state index contributed by atoms with van der Waals surface area (Å²) in [5.74, 6) is 0.117. The summed E-state index contributed by atoms with van der Waals surface area (Å²) in [5.41, 5.74) is 0.983. The van der Waals surface area contributed by atoms with E-state index in [0.29, 0.717) is 36.6 Å². The first-order valence-corrected chi connectivity index (χ1v) is 9.27. The molecule has 3 amide bonds. The molecule has 2 fully saturated rings. The van der Waals surface area contributed by atoms with Gasteiger partial charge in [0, 0.05) is 49.8 Å². The minimum atomic E-state index is 0.117. The van der Waals surface area contributed by atoms with Crippen LogP contribution in [0.3, 0.4) is 0 Å². The number of piperazine rings is 1. The Kier molecular flexibility index (Phi) is 5.01. The molecule has 2 saturated heterocycles. The number of aromatic nitrogens is 1. The number of nitrogens with one attached hydrogen (secondary N) is 1. The van der Waals surface area contributed by atoms with Gasteiger partial charge in [-0.25, -0.2) is 4.79 Å². The van der Waals surface area contributed by atoms with E-state index in [1.165, 1.54) is 11.3 Å². The van der Waals surface area contributed by atoms with E-state index in [1.807, 2.05) is 21.6 Å². The summed E-state index contributed by atoms with van der Waals surface area (Å²) >= 11 is 6.58. The molecule has 0 unspecified atom stereocenters. The summed E-state index contributed by atoms with van der Waals surface area (Å²) < 4.78 is 0.714. The second-order valence-corrected chi connectivity index (χ2v) is 7.86. The zero-order chi connectivity index (χ0) is 16.4. The van der Waals surface area contributed by atoms with Crippen LogP contribution in [0.5, 0.6) is 0 Å². The number of aromatic amines is 1. The largest absolute Gasteiger partial charge is 0.341 e. The van der Waals surface area contributed by atoms with Crippen LogP contribution in [0.25, 0.3) is 0 Å². The lowest BCUT2D eigenvalue weighted by atomic mass is 10.2. The number of rotatable bonds is 2. The van der Waals surface area contributed by atoms with Crippen molar-refractivity contribution >= 4 is 35.5 Å². The number of carbonyl (C=O) groups excluding carboxylic acids is 2. The van der Waals surface area contributed by atoms with Gasteiger partial charge >= 0.3 is 6.03 Å². The Morgan fingerprint density at radius 1 is 1.04 bits per heavy atom. The van der Waals surface area contributed by atoms with Crippen LogP contribution in [0.2, 0.25) is 0 Å². The van der Waals surface area contributed by atoms with Crippen LogP contribution < -0.4 is 0 Å². The molecule has 23 heavy (non-hydrogen) atoms. The molecule has 0 atom stereocenters. The van der Waals surface area contributed by atoms with Gasteiger partial charge in [-0.15, -0.1) is 11.3 Å². The summed E-state index contributed by atoms with van der Waals surface area (Å²) in [7, 11) is 0. The average Bonchev–Trinajstić information content (AvgIpc) is 3.17. The first-order chi connectivity index (χ1) is 11.0. The fourth-order valence-electron chi connectivity index (χ4n) is 3.11. The molecular formula is C15H22N4O2S2. The monoisotopic (exact) mass is 354 g/mol. The van der Waals surface area contributed by atoms with Gasteiger partial charge in [0.05, 0.1) is 6.42 Å². The Balaban J connectivity index is 1.52. The molecule has 1 N–H and O–H groups in total. The molecule has 2 aliphatic heterocycles. The molecule has 8 heteroatoms. The number of amides is 3. The molecule has 3 heterocycles. The Morgan fingerprint density at radius 3 is 2.17 bits per heavy atom. The van der Waals surface area contributed by atoms with Crippen LogP contribution in [0, 0.1) is 10.9 Å². The number of nitrogens with zero attached hydrogens (tertiary/aromatic N) is 3. The van der Waals surface area contributed by atoms with Gasteiger partial charge in [-0.05, 0) is 32.0 Å². The molecular weight excluding hydrogens is 332 g/mol. The number of likely N-dealkylation sites (tertiary alicyclic amines) is 1. The lowest BCUT2D eigenvalue weighted by Gasteiger charge is -2.36. The Hall–Kier alpha value is -1.41. The molecule has 126 valence electrons. The predicted molar refractivity (Wildman–Crippen MR) is 92.3 cm³/mol. The maximum absolute atomic E-state index is 12.4. The lowest BCUT2D eigenvalue weighted by Crippen LogP contribution is -2.53. The average molecular weight is 355 g/mol. The molecule has 0 aliphatic carbocycles. The molecule has 2 aliphatic rings. The maximum Gasteiger partial charge on any atom is 0.320 e. The predicted octanol–water partition coefficient (Wildman–Crippen LogP) is 2.02. The minimum absolute atomic E-state index is 0.117. The third kappa shape index (κ3) is 3.74. The van der Waals surface area contributed by atoms with Gasteiger partial charge in [-0.2, -0.15) is 0 Å². The Bertz CT molecular complexity index is 640. The second-order valence-electron chi connectivity index (χ2n) is 6.08. The highest BCUT2D eigenvalue weighted by molar-refractivity contribution is 7.73. The number of H-pyrrole nitrogens is 1.